The van der Waals surface area contributed by atoms with Crippen molar-refractivity contribution in [1.82, 2.24) is 9.62 Å². The summed E-state index contributed by atoms with van der Waals surface area (Å²) in [6, 6.07) is 7.99. The average molecular weight is 324 g/mol. The number of carbonyl (C=O) groups is 1. The van der Waals surface area contributed by atoms with E-state index in [2.05, 4.69) is 5.32 Å². The number of sulfonamides is 1. The van der Waals surface area contributed by atoms with Crippen molar-refractivity contribution in [2.45, 2.75) is 33.2 Å². The van der Waals surface area contributed by atoms with Crippen molar-refractivity contribution in [2.24, 2.45) is 5.92 Å². The van der Waals surface area contributed by atoms with Crippen molar-refractivity contribution < 1.29 is 13.2 Å². The summed E-state index contributed by atoms with van der Waals surface area (Å²) in [7, 11) is -3.21. The van der Waals surface area contributed by atoms with E-state index in [4.69, 9.17) is 0 Å². The normalized spacial score (nSPS) is 19.8. The highest BCUT2D eigenvalue weighted by molar-refractivity contribution is 7.89. The van der Waals surface area contributed by atoms with Crippen molar-refractivity contribution in [3.05, 3.63) is 35.4 Å². The summed E-state index contributed by atoms with van der Waals surface area (Å²) in [4.78, 5) is 12.3. The van der Waals surface area contributed by atoms with Gasteiger partial charge in [0.25, 0.3) is 0 Å². The SMILES string of the molecule is CCS(=O)(=O)N1CCC[C@H](C(=O)NCc2cccc(C)c2)C1. The van der Waals surface area contributed by atoms with Gasteiger partial charge >= 0.3 is 0 Å². The Morgan fingerprint density at radius 2 is 2.18 bits per heavy atom. The maximum atomic E-state index is 12.3. The Bertz CT molecular complexity index is 628. The highest BCUT2D eigenvalue weighted by Crippen LogP contribution is 2.19. The van der Waals surface area contributed by atoms with Gasteiger partial charge in [-0.2, -0.15) is 0 Å². The van der Waals surface area contributed by atoms with Crippen LogP contribution in [0.15, 0.2) is 24.3 Å². The summed E-state index contributed by atoms with van der Waals surface area (Å²) < 4.78 is 25.3. The number of amides is 1. The van der Waals surface area contributed by atoms with E-state index in [9.17, 15) is 13.2 Å². The van der Waals surface area contributed by atoms with Gasteiger partial charge in [-0.05, 0) is 32.3 Å². The lowest BCUT2D eigenvalue weighted by Gasteiger charge is -2.30. The molecule has 0 aromatic heterocycles. The van der Waals surface area contributed by atoms with Crippen molar-refractivity contribution >= 4 is 15.9 Å². The van der Waals surface area contributed by atoms with Gasteiger partial charge in [0.05, 0.1) is 11.7 Å². The van der Waals surface area contributed by atoms with Crippen molar-refractivity contribution in [3.8, 4) is 0 Å². The molecule has 0 aliphatic carbocycles. The highest BCUT2D eigenvalue weighted by Gasteiger charge is 2.31. The maximum absolute atomic E-state index is 12.3. The van der Waals surface area contributed by atoms with Gasteiger partial charge in [-0.25, -0.2) is 12.7 Å². The quantitative estimate of drug-likeness (QED) is 0.896. The molecule has 5 nitrogen and oxygen atoms in total. The molecule has 1 saturated heterocycles. The molecule has 1 aliphatic rings. The van der Waals surface area contributed by atoms with Gasteiger partial charge in [-0.3, -0.25) is 4.79 Å². The minimum absolute atomic E-state index is 0.0579. The third-order valence-electron chi connectivity index (χ3n) is 4.06. The Morgan fingerprint density at radius 3 is 2.86 bits per heavy atom. The molecule has 0 radical (unpaired) electrons. The fourth-order valence-electron chi connectivity index (χ4n) is 2.75. The summed E-state index contributed by atoms with van der Waals surface area (Å²) >= 11 is 0. The Balaban J connectivity index is 1.92. The summed E-state index contributed by atoms with van der Waals surface area (Å²) in [6.45, 7) is 4.96. The lowest BCUT2D eigenvalue weighted by Crippen LogP contribution is -2.45. The van der Waals surface area contributed by atoms with Crippen LogP contribution in [0, 0.1) is 12.8 Å². The Hall–Kier alpha value is -1.40. The zero-order valence-corrected chi connectivity index (χ0v) is 14.0. The van der Waals surface area contributed by atoms with E-state index in [0.717, 1.165) is 24.0 Å². The number of carbonyl (C=O) groups excluding carboxylic acids is 1. The maximum Gasteiger partial charge on any atom is 0.224 e. The highest BCUT2D eigenvalue weighted by atomic mass is 32.2. The third-order valence-corrected chi connectivity index (χ3v) is 5.91. The van der Waals surface area contributed by atoms with Gasteiger partial charge in [0, 0.05) is 19.6 Å². The molecule has 0 unspecified atom stereocenters. The van der Waals surface area contributed by atoms with E-state index >= 15 is 0 Å². The van der Waals surface area contributed by atoms with Gasteiger partial charge in [0.1, 0.15) is 0 Å². The first-order chi connectivity index (χ1) is 10.4. The first kappa shape index (κ1) is 17.0. The molecule has 6 heteroatoms. The van der Waals surface area contributed by atoms with E-state index in [1.54, 1.807) is 6.92 Å². The summed E-state index contributed by atoms with van der Waals surface area (Å²) in [5, 5.41) is 2.93. The average Bonchev–Trinajstić information content (AvgIpc) is 2.53. The Labute approximate surface area is 132 Å². The van der Waals surface area contributed by atoms with Gasteiger partial charge in [-0.1, -0.05) is 29.8 Å². The lowest BCUT2D eigenvalue weighted by atomic mass is 9.98. The van der Waals surface area contributed by atoms with Crippen molar-refractivity contribution in [3.63, 3.8) is 0 Å². The molecule has 0 bridgehead atoms. The summed E-state index contributed by atoms with van der Waals surface area (Å²) in [5.41, 5.74) is 2.21. The van der Waals surface area contributed by atoms with Crippen LogP contribution < -0.4 is 5.32 Å². The van der Waals surface area contributed by atoms with E-state index in [1.165, 1.54) is 4.31 Å². The molecule has 122 valence electrons. The zero-order chi connectivity index (χ0) is 16.2. The van der Waals surface area contributed by atoms with Gasteiger partial charge in [0.15, 0.2) is 0 Å². The number of nitrogens with zero attached hydrogens (tertiary/aromatic N) is 1. The van der Waals surface area contributed by atoms with Crippen LogP contribution in [0.1, 0.15) is 30.9 Å². The number of piperidine rings is 1. The Morgan fingerprint density at radius 1 is 1.41 bits per heavy atom. The van der Waals surface area contributed by atoms with Gasteiger partial charge < -0.3 is 5.32 Å². The van der Waals surface area contributed by atoms with E-state index in [1.807, 2.05) is 31.2 Å². The fraction of sp³-hybridized carbons (Fsp3) is 0.562. The second-order valence-corrected chi connectivity index (χ2v) is 8.06. The largest absolute Gasteiger partial charge is 0.352 e. The number of hydrogen-bond acceptors (Lipinski definition) is 3. The molecule has 22 heavy (non-hydrogen) atoms. The number of nitrogens with one attached hydrogen (secondary N) is 1. The van der Waals surface area contributed by atoms with E-state index < -0.39 is 10.0 Å². The number of hydrogen-bond donors (Lipinski definition) is 1. The molecule has 0 saturated carbocycles. The van der Waals surface area contributed by atoms with Crippen LogP contribution in [0.4, 0.5) is 0 Å². The standard InChI is InChI=1S/C16H24N2O3S/c1-3-22(20,21)18-9-5-8-15(12-18)16(19)17-11-14-7-4-6-13(2)10-14/h4,6-7,10,15H,3,5,8-9,11-12H2,1-2H3,(H,17,19)/t15-/m0/s1. The molecule has 1 aromatic rings. The van der Waals surface area contributed by atoms with Crippen LogP contribution >= 0.6 is 0 Å². The molecular formula is C16H24N2O3S. The predicted molar refractivity (Wildman–Crippen MR) is 86.8 cm³/mol. The second-order valence-electron chi connectivity index (χ2n) is 5.80. The minimum Gasteiger partial charge on any atom is -0.352 e. The van der Waals surface area contributed by atoms with Crippen molar-refractivity contribution in [2.75, 3.05) is 18.8 Å². The molecule has 1 aliphatic heterocycles. The van der Waals surface area contributed by atoms with Gasteiger partial charge in [-0.15, -0.1) is 0 Å². The van der Waals surface area contributed by atoms with Crippen LogP contribution in [0.25, 0.3) is 0 Å². The first-order valence-electron chi connectivity index (χ1n) is 7.73. The second kappa shape index (κ2) is 7.24. The topological polar surface area (TPSA) is 66.5 Å². The van der Waals surface area contributed by atoms with Crippen molar-refractivity contribution in [1.29, 1.82) is 0 Å². The molecule has 1 N–H and O–H groups in total. The van der Waals surface area contributed by atoms with Crippen LogP contribution in [0.3, 0.4) is 0 Å². The van der Waals surface area contributed by atoms with E-state index in [0.29, 0.717) is 19.6 Å². The lowest BCUT2D eigenvalue weighted by molar-refractivity contribution is -0.126. The zero-order valence-electron chi connectivity index (χ0n) is 13.2. The van der Waals surface area contributed by atoms with Gasteiger partial charge in [0.2, 0.25) is 15.9 Å². The summed E-state index contributed by atoms with van der Waals surface area (Å²) in [6.07, 6.45) is 1.48. The minimum atomic E-state index is -3.21. The predicted octanol–water partition coefficient (Wildman–Crippen LogP) is 1.67. The molecule has 2 rings (SSSR count). The monoisotopic (exact) mass is 324 g/mol. The Kier molecular flexibility index (Phi) is 5.58. The molecular weight excluding hydrogens is 300 g/mol. The van der Waals surface area contributed by atoms with Crippen LogP contribution in [-0.4, -0.2) is 37.5 Å². The summed E-state index contributed by atoms with van der Waals surface area (Å²) in [5.74, 6) is -0.220. The van der Waals surface area contributed by atoms with Crippen LogP contribution in [-0.2, 0) is 21.4 Å². The number of rotatable bonds is 5. The number of aryl methyl sites for hydroxylation is 1. The molecule has 0 spiro atoms. The number of benzene rings is 1. The molecule has 1 heterocycles. The van der Waals surface area contributed by atoms with Crippen LogP contribution in [0.5, 0.6) is 0 Å². The molecule has 1 aromatic carbocycles. The van der Waals surface area contributed by atoms with E-state index in [-0.39, 0.29) is 17.6 Å². The third kappa shape index (κ3) is 4.30. The smallest absolute Gasteiger partial charge is 0.224 e. The molecule has 1 amide bonds. The fourth-order valence-corrected chi connectivity index (χ4v) is 3.93. The molecule has 1 fully saturated rings. The molecule has 1 atom stereocenters. The van der Waals surface area contributed by atoms with Crippen LogP contribution in [0.2, 0.25) is 0 Å². The first-order valence-corrected chi connectivity index (χ1v) is 9.34.